The minimum atomic E-state index is -4.42. The van der Waals surface area contributed by atoms with Crippen LogP contribution in [0.5, 0.6) is 0 Å². The second-order valence-corrected chi connectivity index (χ2v) is 12.2. The fourth-order valence-corrected chi connectivity index (χ4v) is 5.15. The third-order valence-electron chi connectivity index (χ3n) is 7.48. The van der Waals surface area contributed by atoms with Crippen LogP contribution in [0.3, 0.4) is 0 Å². The van der Waals surface area contributed by atoms with E-state index >= 15 is 0 Å². The molecule has 2 aromatic carbocycles. The molecule has 0 bridgehead atoms. The zero-order valence-electron chi connectivity index (χ0n) is 26.7. The maximum absolute atomic E-state index is 13.3. The van der Waals surface area contributed by atoms with Crippen molar-refractivity contribution in [1.29, 1.82) is 0 Å². The van der Waals surface area contributed by atoms with Gasteiger partial charge in [-0.3, -0.25) is 9.59 Å². The SMILES string of the molecule is Cn1c(-c2nc(N)ncc2C#Cc2cccc(NC(=O)CCc3ccc(C(F)(F)F)cc3)c2)cc2c1CCN(C(=O)OC(C)(C)C)C2=O. The predicted octanol–water partition coefficient (Wildman–Crippen LogP) is 5.99. The van der Waals surface area contributed by atoms with Gasteiger partial charge in [0, 0.05) is 49.6 Å². The van der Waals surface area contributed by atoms with Gasteiger partial charge in [0.05, 0.1) is 22.4 Å². The molecule has 0 spiro atoms. The monoisotopic (exact) mass is 658 g/mol. The molecular formula is C35H33F3N6O4. The fraction of sp³-hybridized carbons (Fsp3) is 0.286. The minimum Gasteiger partial charge on any atom is -0.443 e. The molecule has 0 atom stereocenters. The van der Waals surface area contributed by atoms with Crippen molar-refractivity contribution in [3.63, 3.8) is 0 Å². The van der Waals surface area contributed by atoms with Gasteiger partial charge in [0.1, 0.15) is 11.3 Å². The molecule has 0 fully saturated rings. The summed E-state index contributed by atoms with van der Waals surface area (Å²) in [6.07, 6.45) is -2.87. The lowest BCUT2D eigenvalue weighted by molar-refractivity contribution is -0.137. The fourth-order valence-electron chi connectivity index (χ4n) is 5.15. The Bertz CT molecular complexity index is 1950. The zero-order valence-corrected chi connectivity index (χ0v) is 26.7. The number of amides is 3. The van der Waals surface area contributed by atoms with E-state index < -0.39 is 29.3 Å². The van der Waals surface area contributed by atoms with Crippen molar-refractivity contribution in [3.8, 4) is 23.2 Å². The molecule has 248 valence electrons. The van der Waals surface area contributed by atoms with Gasteiger partial charge in [-0.25, -0.2) is 19.7 Å². The van der Waals surface area contributed by atoms with Crippen LogP contribution in [-0.4, -0.2) is 49.5 Å². The van der Waals surface area contributed by atoms with Gasteiger partial charge in [-0.15, -0.1) is 0 Å². The number of anilines is 2. The smallest absolute Gasteiger partial charge is 0.417 e. The van der Waals surface area contributed by atoms with E-state index in [0.717, 1.165) is 22.7 Å². The summed E-state index contributed by atoms with van der Waals surface area (Å²) in [5.41, 5.74) is 8.61. The largest absolute Gasteiger partial charge is 0.443 e. The predicted molar refractivity (Wildman–Crippen MR) is 173 cm³/mol. The molecule has 0 saturated carbocycles. The van der Waals surface area contributed by atoms with Gasteiger partial charge >= 0.3 is 12.3 Å². The lowest BCUT2D eigenvalue weighted by Gasteiger charge is -2.28. The van der Waals surface area contributed by atoms with Crippen LogP contribution in [0.1, 0.15) is 65.5 Å². The second kappa shape index (κ2) is 13.2. The van der Waals surface area contributed by atoms with E-state index in [4.69, 9.17) is 10.5 Å². The number of aromatic nitrogens is 3. The number of ether oxygens (including phenoxy) is 1. The Balaban J connectivity index is 1.32. The lowest BCUT2D eigenvalue weighted by atomic mass is 10.1. The summed E-state index contributed by atoms with van der Waals surface area (Å²) in [5.74, 6) is 5.35. The molecular weight excluding hydrogens is 625 g/mol. The first-order valence-electron chi connectivity index (χ1n) is 15.0. The van der Waals surface area contributed by atoms with Crippen LogP contribution in [0.15, 0.2) is 60.8 Å². The highest BCUT2D eigenvalue weighted by Gasteiger charge is 2.35. The van der Waals surface area contributed by atoms with Gasteiger partial charge in [0.15, 0.2) is 0 Å². The summed E-state index contributed by atoms with van der Waals surface area (Å²) in [5, 5.41) is 2.79. The van der Waals surface area contributed by atoms with Crippen LogP contribution < -0.4 is 11.1 Å². The number of hydrogen-bond donors (Lipinski definition) is 2. The summed E-state index contributed by atoms with van der Waals surface area (Å²) in [4.78, 5) is 48.2. The molecule has 10 nitrogen and oxygen atoms in total. The van der Waals surface area contributed by atoms with Crippen LogP contribution in [-0.2, 0) is 35.6 Å². The van der Waals surface area contributed by atoms with E-state index in [1.807, 2.05) is 4.57 Å². The Morgan fingerprint density at radius 2 is 1.79 bits per heavy atom. The van der Waals surface area contributed by atoms with Crippen molar-refractivity contribution >= 4 is 29.5 Å². The molecule has 3 heterocycles. The number of nitrogen functional groups attached to an aromatic ring is 1. The highest BCUT2D eigenvalue weighted by Crippen LogP contribution is 2.31. The van der Waals surface area contributed by atoms with Crippen molar-refractivity contribution in [2.24, 2.45) is 7.05 Å². The number of carbonyl (C=O) groups is 3. The molecule has 48 heavy (non-hydrogen) atoms. The van der Waals surface area contributed by atoms with Crippen LogP contribution >= 0.6 is 0 Å². The van der Waals surface area contributed by atoms with Crippen molar-refractivity contribution in [3.05, 3.63) is 94.3 Å². The quantitative estimate of drug-likeness (QED) is 0.252. The number of alkyl halides is 3. The first kappa shape index (κ1) is 33.7. The number of benzene rings is 2. The van der Waals surface area contributed by atoms with Crippen molar-refractivity contribution in [2.75, 3.05) is 17.6 Å². The number of halogens is 3. The summed E-state index contributed by atoms with van der Waals surface area (Å²) >= 11 is 0. The highest BCUT2D eigenvalue weighted by atomic mass is 19.4. The zero-order chi connectivity index (χ0) is 34.8. The molecule has 13 heteroatoms. The van der Waals surface area contributed by atoms with Crippen LogP contribution in [0, 0.1) is 11.8 Å². The number of nitrogens with one attached hydrogen (secondary N) is 1. The summed E-state index contributed by atoms with van der Waals surface area (Å²) in [6.45, 7) is 5.36. The van der Waals surface area contributed by atoms with Crippen LogP contribution in [0.4, 0.5) is 29.6 Å². The summed E-state index contributed by atoms with van der Waals surface area (Å²) < 4.78 is 45.7. The number of carbonyl (C=O) groups excluding carboxylic acids is 3. The second-order valence-electron chi connectivity index (χ2n) is 12.2. The van der Waals surface area contributed by atoms with Crippen LogP contribution in [0.25, 0.3) is 11.4 Å². The molecule has 0 radical (unpaired) electrons. The lowest BCUT2D eigenvalue weighted by Crippen LogP contribution is -2.44. The Morgan fingerprint density at radius 3 is 2.48 bits per heavy atom. The van der Waals surface area contributed by atoms with E-state index in [0.29, 0.717) is 45.7 Å². The standard InChI is InChI=1S/C35H33F3N6O4/c1-34(2,3)48-33(47)44-17-16-27-26(31(44)46)19-28(43(27)4)30-23(20-40-32(39)42-30)12-8-22-6-5-7-25(18-22)41-29(45)15-11-21-9-13-24(14-10-21)35(36,37)38/h5-7,9-10,13-14,18-20H,11,15-17H2,1-4H3,(H,41,45)(H2,39,40,42). The van der Waals surface area contributed by atoms with Gasteiger partial charge in [0.2, 0.25) is 11.9 Å². The number of fused-ring (bicyclic) bond motifs is 1. The maximum atomic E-state index is 13.3. The van der Waals surface area contributed by atoms with Crippen molar-refractivity contribution in [2.45, 2.75) is 51.8 Å². The summed E-state index contributed by atoms with van der Waals surface area (Å²) in [7, 11) is 1.80. The Hall–Kier alpha value is -5.64. The van der Waals surface area contributed by atoms with Gasteiger partial charge in [-0.2, -0.15) is 13.2 Å². The van der Waals surface area contributed by atoms with Crippen LogP contribution in [0.2, 0.25) is 0 Å². The molecule has 0 saturated heterocycles. The van der Waals surface area contributed by atoms with Gasteiger partial charge < -0.3 is 20.4 Å². The average molecular weight is 659 g/mol. The highest BCUT2D eigenvalue weighted by molar-refractivity contribution is 6.05. The molecule has 5 rings (SSSR count). The average Bonchev–Trinajstić information content (AvgIpc) is 3.35. The maximum Gasteiger partial charge on any atom is 0.417 e. The molecule has 0 aliphatic carbocycles. The van der Waals surface area contributed by atoms with Crippen molar-refractivity contribution < 1.29 is 32.3 Å². The van der Waals surface area contributed by atoms with E-state index in [9.17, 15) is 27.6 Å². The van der Waals surface area contributed by atoms with E-state index in [-0.39, 0.29) is 31.2 Å². The molecule has 2 aromatic heterocycles. The molecule has 3 amide bonds. The first-order valence-corrected chi connectivity index (χ1v) is 15.0. The number of aryl methyl sites for hydroxylation is 1. The third-order valence-corrected chi connectivity index (χ3v) is 7.48. The minimum absolute atomic E-state index is 0.0115. The number of rotatable bonds is 5. The Labute approximate surface area is 275 Å². The molecule has 1 aliphatic rings. The number of nitrogens with two attached hydrogens (primary N) is 1. The molecule has 3 N–H and O–H groups in total. The molecule has 4 aromatic rings. The third kappa shape index (κ3) is 7.83. The van der Waals surface area contributed by atoms with Gasteiger partial charge in [-0.1, -0.05) is 30.0 Å². The summed E-state index contributed by atoms with van der Waals surface area (Å²) in [6, 6.07) is 13.2. The Kier molecular flexibility index (Phi) is 9.29. The first-order chi connectivity index (χ1) is 22.6. The van der Waals surface area contributed by atoms with E-state index in [2.05, 4.69) is 27.1 Å². The van der Waals surface area contributed by atoms with E-state index in [1.54, 1.807) is 58.2 Å². The molecule has 1 aliphatic heterocycles. The molecule has 0 unspecified atom stereocenters. The van der Waals surface area contributed by atoms with Crippen molar-refractivity contribution in [1.82, 2.24) is 19.4 Å². The topological polar surface area (TPSA) is 132 Å². The normalized spacial score (nSPS) is 13.0. The van der Waals surface area contributed by atoms with E-state index in [1.165, 1.54) is 18.3 Å². The van der Waals surface area contributed by atoms with Gasteiger partial charge in [0.25, 0.3) is 5.91 Å². The van der Waals surface area contributed by atoms with Gasteiger partial charge in [-0.05, 0) is 69.2 Å². The number of imide groups is 1. The number of nitrogens with zero attached hydrogens (tertiary/aromatic N) is 4. The Morgan fingerprint density at radius 1 is 1.06 bits per heavy atom. The number of hydrogen-bond acceptors (Lipinski definition) is 7.